The second kappa shape index (κ2) is 12.6. The van der Waals surface area contributed by atoms with Gasteiger partial charge in [0.15, 0.2) is 0 Å². The van der Waals surface area contributed by atoms with E-state index in [4.69, 9.17) is 5.73 Å². The Morgan fingerprint density at radius 2 is 1.41 bits per heavy atom. The fourth-order valence-electron chi connectivity index (χ4n) is 3.45. The predicted molar refractivity (Wildman–Crippen MR) is 125 cm³/mol. The number of aliphatic hydroxyl groups excluding tert-OH is 1. The first-order valence-electron chi connectivity index (χ1n) is 11.0. The van der Waals surface area contributed by atoms with Crippen molar-refractivity contribution in [3.05, 3.63) is 71.8 Å². The Labute approximate surface area is 198 Å². The summed E-state index contributed by atoms with van der Waals surface area (Å²) in [6.07, 6.45) is -1.39. The molecule has 4 atom stereocenters. The highest BCUT2D eigenvalue weighted by atomic mass is 16.4. The third kappa shape index (κ3) is 7.79. The van der Waals surface area contributed by atoms with E-state index in [2.05, 4.69) is 5.32 Å². The number of nitrogens with zero attached hydrogens (tertiary/aromatic N) is 1. The maximum atomic E-state index is 13.4. The summed E-state index contributed by atoms with van der Waals surface area (Å²) in [4.78, 5) is 51.8. The molecule has 0 unspecified atom stereocenters. The van der Waals surface area contributed by atoms with Crippen LogP contribution in [-0.2, 0) is 32.0 Å². The zero-order valence-electron chi connectivity index (χ0n) is 19.3. The molecule has 0 aliphatic heterocycles. The van der Waals surface area contributed by atoms with Gasteiger partial charge in [-0.1, -0.05) is 60.7 Å². The van der Waals surface area contributed by atoms with Crippen molar-refractivity contribution < 1.29 is 29.4 Å². The number of benzene rings is 2. The lowest BCUT2D eigenvalue weighted by Crippen LogP contribution is -2.59. The molecular weight excluding hydrogens is 438 g/mol. The highest BCUT2D eigenvalue weighted by molar-refractivity contribution is 6.03. The normalized spacial score (nSPS) is 14.4. The van der Waals surface area contributed by atoms with Crippen molar-refractivity contribution in [1.82, 2.24) is 10.2 Å². The van der Waals surface area contributed by atoms with Crippen LogP contribution >= 0.6 is 0 Å². The lowest BCUT2D eigenvalue weighted by molar-refractivity contribution is -0.154. The molecule has 5 N–H and O–H groups in total. The Morgan fingerprint density at radius 1 is 0.912 bits per heavy atom. The molecule has 0 aromatic heterocycles. The number of nitrogens with one attached hydrogen (secondary N) is 1. The SMILES string of the molecule is C[C@@H](O)CC(=O)N(C(=O)[C@H](N)Cc1ccccc1)[C@H](Cc1ccccc1)C(=O)N[C@H](C)C(=O)O. The van der Waals surface area contributed by atoms with Crippen molar-refractivity contribution >= 4 is 23.7 Å². The molecule has 34 heavy (non-hydrogen) atoms. The second-order valence-corrected chi connectivity index (χ2v) is 8.23. The zero-order valence-corrected chi connectivity index (χ0v) is 19.3. The van der Waals surface area contributed by atoms with Gasteiger partial charge in [0.1, 0.15) is 12.1 Å². The van der Waals surface area contributed by atoms with Gasteiger partial charge >= 0.3 is 5.97 Å². The van der Waals surface area contributed by atoms with E-state index in [-0.39, 0.29) is 12.8 Å². The zero-order chi connectivity index (χ0) is 25.3. The number of amides is 3. The van der Waals surface area contributed by atoms with Gasteiger partial charge in [-0.15, -0.1) is 0 Å². The highest BCUT2D eigenvalue weighted by Gasteiger charge is 2.38. The summed E-state index contributed by atoms with van der Waals surface area (Å²) in [7, 11) is 0. The van der Waals surface area contributed by atoms with Gasteiger partial charge in [-0.3, -0.25) is 24.1 Å². The minimum atomic E-state index is -1.36. The highest BCUT2D eigenvalue weighted by Crippen LogP contribution is 2.16. The Balaban J connectivity index is 2.43. The number of carboxylic acids is 1. The molecule has 0 spiro atoms. The molecule has 2 rings (SSSR count). The largest absolute Gasteiger partial charge is 0.480 e. The summed E-state index contributed by atoms with van der Waals surface area (Å²) in [5, 5.41) is 21.3. The number of aliphatic carboxylic acids is 1. The standard InChI is InChI=1S/C25H31N3O6/c1-16(29)13-22(30)28(24(32)20(26)14-18-9-5-3-6-10-18)21(15-19-11-7-4-8-12-19)23(31)27-17(2)25(33)34/h3-12,16-17,20-21,29H,13-15,26H2,1-2H3,(H,27,31)(H,33,34)/t16-,17-,20-,21-/m1/s1. The van der Waals surface area contributed by atoms with Crippen LogP contribution in [0.4, 0.5) is 0 Å². The Kier molecular flexibility index (Phi) is 9.91. The Bertz CT molecular complexity index is 981. The molecule has 0 radical (unpaired) electrons. The van der Waals surface area contributed by atoms with Gasteiger partial charge in [0, 0.05) is 6.42 Å². The molecule has 2 aromatic rings. The summed E-state index contributed by atoms with van der Waals surface area (Å²) < 4.78 is 0. The monoisotopic (exact) mass is 469 g/mol. The number of carbonyl (C=O) groups is 4. The van der Waals surface area contributed by atoms with Gasteiger partial charge in [-0.25, -0.2) is 0 Å². The molecule has 0 heterocycles. The average Bonchev–Trinajstić information content (AvgIpc) is 2.79. The minimum absolute atomic E-state index is 0.0473. The van der Waals surface area contributed by atoms with E-state index in [0.717, 1.165) is 10.5 Å². The van der Waals surface area contributed by atoms with E-state index in [9.17, 15) is 29.4 Å². The van der Waals surface area contributed by atoms with E-state index < -0.39 is 54.3 Å². The van der Waals surface area contributed by atoms with Crippen LogP contribution in [-0.4, -0.2) is 63.0 Å². The average molecular weight is 470 g/mol. The van der Waals surface area contributed by atoms with Gasteiger partial charge in [-0.05, 0) is 31.4 Å². The topological polar surface area (TPSA) is 150 Å². The number of aliphatic hydroxyl groups is 1. The van der Waals surface area contributed by atoms with Crippen molar-refractivity contribution in [3.63, 3.8) is 0 Å². The quantitative estimate of drug-likeness (QED) is 0.381. The summed E-state index contributed by atoms with van der Waals surface area (Å²) in [6.45, 7) is 2.67. The maximum absolute atomic E-state index is 13.4. The first-order chi connectivity index (χ1) is 16.1. The smallest absolute Gasteiger partial charge is 0.325 e. The summed E-state index contributed by atoms with van der Waals surface area (Å²) in [5.74, 6) is -3.63. The van der Waals surface area contributed by atoms with E-state index in [1.165, 1.54) is 13.8 Å². The van der Waals surface area contributed by atoms with Crippen LogP contribution in [0.25, 0.3) is 0 Å². The maximum Gasteiger partial charge on any atom is 0.325 e. The first kappa shape index (κ1) is 26.7. The van der Waals surface area contributed by atoms with Gasteiger partial charge in [-0.2, -0.15) is 0 Å². The number of rotatable bonds is 11. The van der Waals surface area contributed by atoms with E-state index in [1.807, 2.05) is 6.07 Å². The van der Waals surface area contributed by atoms with Crippen LogP contribution in [0.3, 0.4) is 0 Å². The molecule has 9 nitrogen and oxygen atoms in total. The third-order valence-corrected chi connectivity index (χ3v) is 5.21. The van der Waals surface area contributed by atoms with Crippen LogP contribution in [0.15, 0.2) is 60.7 Å². The van der Waals surface area contributed by atoms with Crippen molar-refractivity contribution in [2.24, 2.45) is 5.73 Å². The van der Waals surface area contributed by atoms with Crippen molar-refractivity contribution in [2.45, 2.75) is 57.3 Å². The minimum Gasteiger partial charge on any atom is -0.480 e. The van der Waals surface area contributed by atoms with E-state index in [0.29, 0.717) is 5.56 Å². The molecule has 2 aromatic carbocycles. The van der Waals surface area contributed by atoms with Crippen LogP contribution in [0, 0.1) is 0 Å². The van der Waals surface area contributed by atoms with Crippen LogP contribution in [0.1, 0.15) is 31.4 Å². The van der Waals surface area contributed by atoms with Crippen LogP contribution in [0.2, 0.25) is 0 Å². The van der Waals surface area contributed by atoms with Crippen LogP contribution in [0.5, 0.6) is 0 Å². The second-order valence-electron chi connectivity index (χ2n) is 8.23. The molecule has 0 fully saturated rings. The molecule has 0 aliphatic carbocycles. The molecule has 0 saturated heterocycles. The number of carboxylic acid groups (broad SMARTS) is 1. The number of nitrogens with two attached hydrogens (primary N) is 1. The number of imide groups is 1. The fraction of sp³-hybridized carbons (Fsp3) is 0.360. The van der Waals surface area contributed by atoms with Crippen molar-refractivity contribution in [1.29, 1.82) is 0 Å². The fourth-order valence-corrected chi connectivity index (χ4v) is 3.45. The lowest BCUT2D eigenvalue weighted by atomic mass is 9.99. The van der Waals surface area contributed by atoms with Crippen molar-refractivity contribution in [3.8, 4) is 0 Å². The van der Waals surface area contributed by atoms with Gasteiger partial charge in [0.05, 0.1) is 18.6 Å². The van der Waals surface area contributed by atoms with Crippen molar-refractivity contribution in [2.75, 3.05) is 0 Å². The summed E-state index contributed by atoms with van der Waals surface area (Å²) in [5.41, 5.74) is 7.60. The van der Waals surface area contributed by atoms with E-state index >= 15 is 0 Å². The Morgan fingerprint density at radius 3 is 1.88 bits per heavy atom. The number of carbonyl (C=O) groups excluding carboxylic acids is 3. The van der Waals surface area contributed by atoms with Gasteiger partial charge < -0.3 is 21.3 Å². The molecule has 182 valence electrons. The van der Waals surface area contributed by atoms with Gasteiger partial charge in [0.25, 0.3) is 0 Å². The summed E-state index contributed by atoms with van der Waals surface area (Å²) >= 11 is 0. The Hall–Kier alpha value is -3.56. The molecule has 0 aliphatic rings. The lowest BCUT2D eigenvalue weighted by Gasteiger charge is -2.32. The molecular formula is C25H31N3O6. The predicted octanol–water partition coefficient (Wildman–Crippen LogP) is 0.883. The molecule has 3 amide bonds. The number of hydrogen-bond acceptors (Lipinski definition) is 6. The van der Waals surface area contributed by atoms with Gasteiger partial charge in [0.2, 0.25) is 17.7 Å². The van der Waals surface area contributed by atoms with E-state index in [1.54, 1.807) is 54.6 Å². The van der Waals surface area contributed by atoms with Crippen LogP contribution < -0.4 is 11.1 Å². The first-order valence-corrected chi connectivity index (χ1v) is 11.0. The molecule has 0 bridgehead atoms. The number of hydrogen-bond donors (Lipinski definition) is 4. The molecule has 0 saturated carbocycles. The summed E-state index contributed by atoms with van der Waals surface area (Å²) in [6, 6.07) is 14.0. The third-order valence-electron chi connectivity index (χ3n) is 5.21. The molecule has 9 heteroatoms.